The molecule has 3 N–H and O–H groups in total. The Labute approximate surface area is 47.3 Å². The third-order valence-corrected chi connectivity index (χ3v) is 0.232. The predicted octanol–water partition coefficient (Wildman–Crippen LogP) is -0.190. The van der Waals surface area contributed by atoms with Crippen LogP contribution in [-0.2, 0) is 0 Å². The molecular weight excluding hydrogens is 119 g/mol. The van der Waals surface area contributed by atoms with Gasteiger partial charge in [-0.3, -0.25) is 5.43 Å². The van der Waals surface area contributed by atoms with Crippen LogP contribution in [0.3, 0.4) is 0 Å². The monoisotopic (exact) mass is 126 g/mol. The molecule has 0 aliphatic heterocycles. The molecular formula is C2H7ClN2O2. The highest BCUT2D eigenvalue weighted by Crippen LogP contribution is 1.46. The van der Waals surface area contributed by atoms with Gasteiger partial charge in [-0.15, -0.1) is 12.4 Å². The van der Waals surface area contributed by atoms with Crippen molar-refractivity contribution in [1.82, 2.24) is 10.9 Å². The molecule has 0 aliphatic rings. The molecule has 0 fully saturated rings. The Bertz CT molecular complexity index is 57.7. The average molecular weight is 127 g/mol. The summed E-state index contributed by atoms with van der Waals surface area (Å²) >= 11 is 0. The first-order valence-corrected chi connectivity index (χ1v) is 1.43. The van der Waals surface area contributed by atoms with E-state index in [0.29, 0.717) is 0 Å². The number of nitrogens with one attached hydrogen (secondary N) is 2. The van der Waals surface area contributed by atoms with Gasteiger partial charge in [0.1, 0.15) is 0 Å². The van der Waals surface area contributed by atoms with Crippen molar-refractivity contribution in [2.24, 2.45) is 0 Å². The van der Waals surface area contributed by atoms with Crippen molar-refractivity contribution in [2.45, 2.75) is 0 Å². The van der Waals surface area contributed by atoms with Gasteiger partial charge in [-0.2, -0.15) is 0 Å². The van der Waals surface area contributed by atoms with E-state index in [1.54, 1.807) is 0 Å². The van der Waals surface area contributed by atoms with Crippen molar-refractivity contribution in [1.29, 1.82) is 0 Å². The molecule has 0 spiro atoms. The summed E-state index contributed by atoms with van der Waals surface area (Å²) in [5.74, 6) is 0. The topological polar surface area (TPSA) is 61.4 Å². The van der Waals surface area contributed by atoms with E-state index in [-0.39, 0.29) is 12.4 Å². The summed E-state index contributed by atoms with van der Waals surface area (Å²) in [5, 5.41) is 7.74. The first-order chi connectivity index (χ1) is 2.77. The van der Waals surface area contributed by atoms with E-state index in [1.165, 1.54) is 7.05 Å². The summed E-state index contributed by atoms with van der Waals surface area (Å²) < 4.78 is 0. The van der Waals surface area contributed by atoms with Crippen molar-refractivity contribution >= 4 is 18.5 Å². The maximum atomic E-state index is 9.43. The van der Waals surface area contributed by atoms with Crippen LogP contribution in [0.25, 0.3) is 0 Å². The summed E-state index contributed by atoms with van der Waals surface area (Å²) in [6.45, 7) is 0. The Morgan fingerprint density at radius 2 is 2.14 bits per heavy atom. The second-order valence-corrected chi connectivity index (χ2v) is 0.680. The molecule has 0 aliphatic carbocycles. The van der Waals surface area contributed by atoms with Gasteiger partial charge in [-0.05, 0) is 0 Å². The molecule has 0 saturated carbocycles. The minimum atomic E-state index is -1.07. The zero-order valence-corrected chi connectivity index (χ0v) is 4.58. The molecule has 0 rings (SSSR count). The van der Waals surface area contributed by atoms with Gasteiger partial charge < -0.3 is 5.11 Å². The van der Waals surface area contributed by atoms with Crippen LogP contribution in [0, 0.1) is 0 Å². The van der Waals surface area contributed by atoms with Gasteiger partial charge in [0.25, 0.3) is 0 Å². The molecule has 44 valence electrons. The standard InChI is InChI=1S/C2H6N2O2.ClH/c1-3-4-2(5)6;/h3-4H,1H3,(H,5,6);1H. The van der Waals surface area contributed by atoms with E-state index in [2.05, 4.69) is 5.43 Å². The molecule has 0 aromatic heterocycles. The van der Waals surface area contributed by atoms with Crippen LogP contribution < -0.4 is 10.9 Å². The number of carboxylic acid groups (broad SMARTS) is 1. The fourth-order valence-electron chi connectivity index (χ4n) is 0.107. The van der Waals surface area contributed by atoms with E-state index in [1.807, 2.05) is 5.43 Å². The summed E-state index contributed by atoms with van der Waals surface area (Å²) in [6.07, 6.45) is -1.07. The highest BCUT2D eigenvalue weighted by molar-refractivity contribution is 5.85. The summed E-state index contributed by atoms with van der Waals surface area (Å²) in [6, 6.07) is 0. The van der Waals surface area contributed by atoms with Crippen LogP contribution in [0.2, 0.25) is 0 Å². The third-order valence-electron chi connectivity index (χ3n) is 0.232. The van der Waals surface area contributed by atoms with E-state index in [9.17, 15) is 4.79 Å². The largest absolute Gasteiger partial charge is 0.464 e. The van der Waals surface area contributed by atoms with E-state index < -0.39 is 6.09 Å². The number of halogens is 1. The van der Waals surface area contributed by atoms with Gasteiger partial charge in [0.05, 0.1) is 0 Å². The molecule has 5 heteroatoms. The second-order valence-electron chi connectivity index (χ2n) is 0.680. The van der Waals surface area contributed by atoms with Crippen molar-refractivity contribution in [2.75, 3.05) is 7.05 Å². The van der Waals surface area contributed by atoms with Gasteiger partial charge in [-0.1, -0.05) is 0 Å². The van der Waals surface area contributed by atoms with Crippen molar-refractivity contribution in [3.8, 4) is 0 Å². The first-order valence-electron chi connectivity index (χ1n) is 1.43. The van der Waals surface area contributed by atoms with Crippen LogP contribution in [0.4, 0.5) is 4.79 Å². The molecule has 0 heterocycles. The summed E-state index contributed by atoms with van der Waals surface area (Å²) in [7, 11) is 1.48. The number of rotatable bonds is 1. The molecule has 0 bridgehead atoms. The molecule has 0 radical (unpaired) electrons. The fourth-order valence-corrected chi connectivity index (χ4v) is 0.107. The van der Waals surface area contributed by atoms with Crippen LogP contribution in [0.5, 0.6) is 0 Å². The molecule has 0 saturated heterocycles. The Morgan fingerprint density at radius 3 is 2.14 bits per heavy atom. The van der Waals surface area contributed by atoms with Crippen LogP contribution in [-0.4, -0.2) is 18.2 Å². The normalized spacial score (nSPS) is 6.43. The van der Waals surface area contributed by atoms with E-state index in [4.69, 9.17) is 5.11 Å². The van der Waals surface area contributed by atoms with Crippen molar-refractivity contribution in [3.05, 3.63) is 0 Å². The average Bonchev–Trinajstić information content (AvgIpc) is 1.35. The minimum Gasteiger partial charge on any atom is -0.464 e. The number of hydrazine groups is 1. The maximum absolute atomic E-state index is 9.43. The molecule has 0 atom stereocenters. The lowest BCUT2D eigenvalue weighted by atomic mass is 11.2. The van der Waals surface area contributed by atoms with Crippen LogP contribution in [0.1, 0.15) is 0 Å². The van der Waals surface area contributed by atoms with Crippen LogP contribution >= 0.6 is 12.4 Å². The van der Waals surface area contributed by atoms with Crippen LogP contribution in [0.15, 0.2) is 0 Å². The maximum Gasteiger partial charge on any atom is 0.419 e. The van der Waals surface area contributed by atoms with Crippen molar-refractivity contribution < 1.29 is 9.90 Å². The molecule has 4 nitrogen and oxygen atoms in total. The Hall–Kier alpha value is -0.480. The number of amides is 1. The van der Waals surface area contributed by atoms with Gasteiger partial charge in [0.2, 0.25) is 0 Å². The zero-order valence-electron chi connectivity index (χ0n) is 3.76. The predicted molar refractivity (Wildman–Crippen MR) is 27.5 cm³/mol. The molecule has 0 aromatic carbocycles. The van der Waals surface area contributed by atoms with Gasteiger partial charge >= 0.3 is 6.09 Å². The Kier molecular flexibility index (Phi) is 7.67. The lowest BCUT2D eigenvalue weighted by Gasteiger charge is -1.90. The highest BCUT2D eigenvalue weighted by Gasteiger charge is 1.82. The van der Waals surface area contributed by atoms with Gasteiger partial charge in [0, 0.05) is 7.05 Å². The molecule has 0 aromatic rings. The molecule has 7 heavy (non-hydrogen) atoms. The van der Waals surface area contributed by atoms with Crippen molar-refractivity contribution in [3.63, 3.8) is 0 Å². The number of hydrogen-bond acceptors (Lipinski definition) is 2. The zero-order chi connectivity index (χ0) is 4.99. The summed E-state index contributed by atoms with van der Waals surface area (Å²) in [5.41, 5.74) is 4.09. The van der Waals surface area contributed by atoms with Gasteiger partial charge in [-0.25, -0.2) is 10.2 Å². The van der Waals surface area contributed by atoms with Gasteiger partial charge in [0.15, 0.2) is 0 Å². The minimum absolute atomic E-state index is 0. The fraction of sp³-hybridized carbons (Fsp3) is 0.500. The lowest BCUT2D eigenvalue weighted by molar-refractivity contribution is 0.190. The SMILES string of the molecule is CNNC(=O)O.Cl. The quantitative estimate of drug-likeness (QED) is 0.427. The highest BCUT2D eigenvalue weighted by atomic mass is 35.5. The molecule has 0 unspecified atom stereocenters. The Morgan fingerprint density at radius 1 is 1.71 bits per heavy atom. The smallest absolute Gasteiger partial charge is 0.419 e. The number of hydrogen-bond donors (Lipinski definition) is 3. The second kappa shape index (κ2) is 5.52. The summed E-state index contributed by atoms with van der Waals surface area (Å²) in [4.78, 5) is 9.43. The Balaban J connectivity index is 0. The third kappa shape index (κ3) is 10.8. The first kappa shape index (κ1) is 9.72. The van der Waals surface area contributed by atoms with E-state index in [0.717, 1.165) is 0 Å². The number of carbonyl (C=O) groups is 1. The van der Waals surface area contributed by atoms with E-state index >= 15 is 0 Å². The lowest BCUT2D eigenvalue weighted by Crippen LogP contribution is -2.32. The molecule has 1 amide bonds.